The second-order valence-electron chi connectivity index (χ2n) is 6.24. The summed E-state index contributed by atoms with van der Waals surface area (Å²) in [6.07, 6.45) is -0.971. The predicted octanol–water partition coefficient (Wildman–Crippen LogP) is 1.42. The monoisotopic (exact) mass is 367 g/mol. The molecule has 8 heteroatoms. The Kier molecular flexibility index (Phi) is 4.37. The Hall–Kier alpha value is -3.55. The number of fused-ring (bicyclic) bond motifs is 2. The van der Waals surface area contributed by atoms with E-state index in [1.807, 2.05) is 0 Å². The Morgan fingerprint density at radius 2 is 1.93 bits per heavy atom. The summed E-state index contributed by atoms with van der Waals surface area (Å²) in [4.78, 5) is 35.7. The van der Waals surface area contributed by atoms with Crippen LogP contribution in [0, 0.1) is 0 Å². The van der Waals surface area contributed by atoms with Crippen molar-refractivity contribution >= 4 is 29.1 Å². The molecular weight excluding hydrogens is 350 g/mol. The first-order chi connectivity index (χ1) is 13.1. The van der Waals surface area contributed by atoms with Crippen LogP contribution in [0.15, 0.2) is 42.5 Å². The molecule has 0 aliphatic carbocycles. The third-order valence-corrected chi connectivity index (χ3v) is 4.24. The zero-order valence-electron chi connectivity index (χ0n) is 14.3. The minimum absolute atomic E-state index is 0.00430. The third kappa shape index (κ3) is 3.69. The summed E-state index contributed by atoms with van der Waals surface area (Å²) in [5.41, 5.74) is 1.97. The van der Waals surface area contributed by atoms with Gasteiger partial charge in [0.1, 0.15) is 11.5 Å². The Bertz CT molecular complexity index is 927. The van der Waals surface area contributed by atoms with E-state index in [0.717, 1.165) is 5.56 Å². The van der Waals surface area contributed by atoms with Crippen LogP contribution >= 0.6 is 0 Å². The van der Waals surface area contributed by atoms with Crippen molar-refractivity contribution in [2.75, 3.05) is 17.2 Å². The number of carbonyl (C=O) groups is 3. The number of benzene rings is 2. The average molecular weight is 367 g/mol. The molecule has 2 aromatic carbocycles. The van der Waals surface area contributed by atoms with Gasteiger partial charge in [0.05, 0.1) is 17.8 Å². The molecule has 0 spiro atoms. The zero-order chi connectivity index (χ0) is 18.8. The summed E-state index contributed by atoms with van der Waals surface area (Å²) in [5.74, 6) is 0.255. The molecule has 1 unspecified atom stereocenters. The first-order valence-electron chi connectivity index (χ1n) is 8.47. The van der Waals surface area contributed by atoms with Gasteiger partial charge >= 0.3 is 0 Å². The number of rotatable bonds is 4. The molecule has 2 heterocycles. The lowest BCUT2D eigenvalue weighted by Crippen LogP contribution is -2.40. The molecule has 3 N–H and O–H groups in total. The summed E-state index contributed by atoms with van der Waals surface area (Å²) in [6, 6.07) is 12.4. The number of carbonyl (C=O) groups excluding carboxylic acids is 3. The van der Waals surface area contributed by atoms with Crippen LogP contribution in [0.1, 0.15) is 12.0 Å². The molecule has 138 valence electrons. The van der Waals surface area contributed by atoms with Gasteiger partial charge in [-0.2, -0.15) is 0 Å². The largest absolute Gasteiger partial charge is 0.482 e. The molecule has 0 aromatic heterocycles. The van der Waals surface area contributed by atoms with Crippen LogP contribution in [0.25, 0.3) is 0 Å². The molecule has 2 aromatic rings. The summed E-state index contributed by atoms with van der Waals surface area (Å²) in [6.45, 7) is 0.253. The molecule has 27 heavy (non-hydrogen) atoms. The van der Waals surface area contributed by atoms with E-state index in [1.165, 1.54) is 0 Å². The van der Waals surface area contributed by atoms with Crippen molar-refractivity contribution in [3.63, 3.8) is 0 Å². The molecule has 0 saturated carbocycles. The van der Waals surface area contributed by atoms with Crippen LogP contribution in [-0.4, -0.2) is 30.4 Å². The molecule has 3 amide bonds. The van der Waals surface area contributed by atoms with Gasteiger partial charge in [0.25, 0.3) is 11.8 Å². The van der Waals surface area contributed by atoms with E-state index in [1.54, 1.807) is 42.5 Å². The maximum absolute atomic E-state index is 12.2. The maximum atomic E-state index is 12.2. The summed E-state index contributed by atoms with van der Waals surface area (Å²) in [7, 11) is 0. The molecule has 1 atom stereocenters. The minimum atomic E-state index is -0.879. The molecule has 0 saturated heterocycles. The zero-order valence-corrected chi connectivity index (χ0v) is 14.3. The molecule has 0 bridgehead atoms. The Balaban J connectivity index is 1.34. The van der Waals surface area contributed by atoms with Crippen LogP contribution < -0.4 is 25.4 Å². The van der Waals surface area contributed by atoms with Gasteiger partial charge in [-0.05, 0) is 29.8 Å². The van der Waals surface area contributed by atoms with Crippen LogP contribution in [0.5, 0.6) is 11.5 Å². The highest BCUT2D eigenvalue weighted by Crippen LogP contribution is 2.30. The molecule has 2 aliphatic rings. The first kappa shape index (κ1) is 16.9. The van der Waals surface area contributed by atoms with Gasteiger partial charge in [-0.1, -0.05) is 18.2 Å². The molecule has 0 fully saturated rings. The fourth-order valence-corrected chi connectivity index (χ4v) is 2.91. The summed E-state index contributed by atoms with van der Waals surface area (Å²) >= 11 is 0. The van der Waals surface area contributed by atoms with E-state index < -0.39 is 6.10 Å². The van der Waals surface area contributed by atoms with Crippen molar-refractivity contribution in [3.8, 4) is 11.5 Å². The fraction of sp³-hybridized carbons (Fsp3) is 0.211. The molecule has 4 rings (SSSR count). The second kappa shape index (κ2) is 6.99. The van der Waals surface area contributed by atoms with Gasteiger partial charge in [-0.3, -0.25) is 14.4 Å². The van der Waals surface area contributed by atoms with Gasteiger partial charge in [-0.25, -0.2) is 0 Å². The number of hydrogen-bond donors (Lipinski definition) is 3. The van der Waals surface area contributed by atoms with Gasteiger partial charge in [-0.15, -0.1) is 0 Å². The lowest BCUT2D eigenvalue weighted by molar-refractivity contribution is -0.130. The molecule has 2 aliphatic heterocycles. The summed E-state index contributed by atoms with van der Waals surface area (Å²) in [5, 5.41) is 8.20. The Labute approximate surface area is 154 Å². The van der Waals surface area contributed by atoms with Gasteiger partial charge in [0, 0.05) is 6.54 Å². The Morgan fingerprint density at radius 1 is 1.07 bits per heavy atom. The SMILES string of the molecule is O=C(CC1Oc2ccccc2NC1=O)NCc1ccc2c(c1)NC(=O)CO2. The van der Waals surface area contributed by atoms with Gasteiger partial charge in [0.2, 0.25) is 5.91 Å². The third-order valence-electron chi connectivity index (χ3n) is 4.24. The standard InChI is InChI=1S/C19H17N3O5/c23-17(8-16-19(25)22-12-3-1-2-4-15(12)27-16)20-9-11-5-6-14-13(7-11)21-18(24)10-26-14/h1-7,16H,8-10H2,(H,20,23)(H,21,24)(H,22,25). The van der Waals surface area contributed by atoms with E-state index in [9.17, 15) is 14.4 Å². The number of hydrogen-bond acceptors (Lipinski definition) is 5. The lowest BCUT2D eigenvalue weighted by Gasteiger charge is -2.25. The minimum Gasteiger partial charge on any atom is -0.482 e. The molecular formula is C19H17N3O5. The van der Waals surface area contributed by atoms with Crippen molar-refractivity contribution in [3.05, 3.63) is 48.0 Å². The highest BCUT2D eigenvalue weighted by Gasteiger charge is 2.29. The number of ether oxygens (including phenoxy) is 2. The molecule has 0 radical (unpaired) electrons. The average Bonchev–Trinajstić information content (AvgIpc) is 2.66. The number of nitrogens with one attached hydrogen (secondary N) is 3. The predicted molar refractivity (Wildman–Crippen MR) is 96.5 cm³/mol. The van der Waals surface area contributed by atoms with E-state index in [4.69, 9.17) is 9.47 Å². The number of anilines is 2. The quantitative estimate of drug-likeness (QED) is 0.758. The Morgan fingerprint density at radius 3 is 2.81 bits per heavy atom. The number of para-hydroxylation sites is 2. The van der Waals surface area contributed by atoms with Crippen molar-refractivity contribution in [1.29, 1.82) is 0 Å². The van der Waals surface area contributed by atoms with Crippen molar-refractivity contribution in [2.45, 2.75) is 19.1 Å². The van der Waals surface area contributed by atoms with Crippen LogP contribution in [-0.2, 0) is 20.9 Å². The summed E-state index contributed by atoms with van der Waals surface area (Å²) < 4.78 is 10.9. The molecule has 8 nitrogen and oxygen atoms in total. The van der Waals surface area contributed by atoms with E-state index in [-0.39, 0.29) is 37.3 Å². The second-order valence-corrected chi connectivity index (χ2v) is 6.24. The van der Waals surface area contributed by atoms with E-state index in [2.05, 4.69) is 16.0 Å². The van der Waals surface area contributed by atoms with Crippen LogP contribution in [0.2, 0.25) is 0 Å². The topological polar surface area (TPSA) is 106 Å². The lowest BCUT2D eigenvalue weighted by atomic mass is 10.1. The van der Waals surface area contributed by atoms with Gasteiger partial charge < -0.3 is 25.4 Å². The van der Waals surface area contributed by atoms with Crippen molar-refractivity contribution in [1.82, 2.24) is 5.32 Å². The maximum Gasteiger partial charge on any atom is 0.266 e. The smallest absolute Gasteiger partial charge is 0.266 e. The van der Waals surface area contributed by atoms with Gasteiger partial charge in [0.15, 0.2) is 12.7 Å². The van der Waals surface area contributed by atoms with Crippen LogP contribution in [0.3, 0.4) is 0 Å². The van der Waals surface area contributed by atoms with Crippen LogP contribution in [0.4, 0.5) is 11.4 Å². The van der Waals surface area contributed by atoms with E-state index in [0.29, 0.717) is 22.9 Å². The number of amides is 3. The van der Waals surface area contributed by atoms with E-state index >= 15 is 0 Å². The highest BCUT2D eigenvalue weighted by atomic mass is 16.5. The van der Waals surface area contributed by atoms with Crippen molar-refractivity contribution < 1.29 is 23.9 Å². The first-order valence-corrected chi connectivity index (χ1v) is 8.47. The fourth-order valence-electron chi connectivity index (χ4n) is 2.91. The van der Waals surface area contributed by atoms with Crippen molar-refractivity contribution in [2.24, 2.45) is 0 Å². The highest BCUT2D eigenvalue weighted by molar-refractivity contribution is 6.00. The normalized spacial score (nSPS) is 17.4.